The number of ether oxygens (including phenoxy) is 4. The molecule has 3 heterocycles. The molecular weight excluding hydrogens is 282 g/mol. The summed E-state index contributed by atoms with van der Waals surface area (Å²) in [5.41, 5.74) is 0. The molecule has 0 aromatic heterocycles. The van der Waals surface area contributed by atoms with Crippen LogP contribution in [0.4, 0.5) is 0 Å². The number of hydrogen-bond acceptors (Lipinski definition) is 5. The minimum Gasteiger partial charge on any atom is -0.375 e. The SMILES string of the molecule is C1CCC(N(CC2CO2)CC2CO2)CCC(OCC2CO2)C1. The molecule has 5 heteroatoms. The van der Waals surface area contributed by atoms with Crippen LogP contribution in [-0.2, 0) is 18.9 Å². The average molecular weight is 311 g/mol. The van der Waals surface area contributed by atoms with Crippen LogP contribution in [-0.4, -0.2) is 74.9 Å². The maximum absolute atomic E-state index is 6.06. The van der Waals surface area contributed by atoms with E-state index in [1.54, 1.807) is 0 Å². The van der Waals surface area contributed by atoms with E-state index in [0.717, 1.165) is 39.5 Å². The molecule has 4 aliphatic rings. The summed E-state index contributed by atoms with van der Waals surface area (Å²) in [7, 11) is 0. The Labute approximate surface area is 133 Å². The van der Waals surface area contributed by atoms with E-state index >= 15 is 0 Å². The Hall–Kier alpha value is -0.200. The first-order valence-electron chi connectivity index (χ1n) is 9.07. The number of nitrogens with zero attached hydrogens (tertiary/aromatic N) is 1. The lowest BCUT2D eigenvalue weighted by atomic mass is 9.93. The second-order valence-electron chi connectivity index (χ2n) is 7.29. The summed E-state index contributed by atoms with van der Waals surface area (Å²) in [5, 5.41) is 0. The van der Waals surface area contributed by atoms with Crippen LogP contribution in [0.25, 0.3) is 0 Å². The van der Waals surface area contributed by atoms with Gasteiger partial charge < -0.3 is 18.9 Å². The molecule has 3 aliphatic heterocycles. The van der Waals surface area contributed by atoms with Crippen molar-refractivity contribution in [1.29, 1.82) is 0 Å². The summed E-state index contributed by atoms with van der Waals surface area (Å²) in [6, 6.07) is 0.678. The third-order valence-corrected chi connectivity index (χ3v) is 5.25. The van der Waals surface area contributed by atoms with Crippen molar-refractivity contribution in [3.8, 4) is 0 Å². The van der Waals surface area contributed by atoms with Gasteiger partial charge >= 0.3 is 0 Å². The molecule has 22 heavy (non-hydrogen) atoms. The van der Waals surface area contributed by atoms with Crippen molar-refractivity contribution in [1.82, 2.24) is 4.90 Å². The second-order valence-corrected chi connectivity index (χ2v) is 7.29. The van der Waals surface area contributed by atoms with Crippen molar-refractivity contribution in [2.75, 3.05) is 39.5 Å². The van der Waals surface area contributed by atoms with Crippen LogP contribution in [0.1, 0.15) is 38.5 Å². The van der Waals surface area contributed by atoms with E-state index in [4.69, 9.17) is 18.9 Å². The van der Waals surface area contributed by atoms with Gasteiger partial charge in [0.05, 0.1) is 44.7 Å². The molecule has 4 rings (SSSR count). The predicted octanol–water partition coefficient (Wildman–Crippen LogP) is 1.59. The maximum atomic E-state index is 6.06. The van der Waals surface area contributed by atoms with Gasteiger partial charge in [0.25, 0.3) is 0 Å². The molecule has 0 aromatic carbocycles. The summed E-state index contributed by atoms with van der Waals surface area (Å²) in [6.07, 6.45) is 9.35. The minimum absolute atomic E-state index is 0.386. The van der Waals surface area contributed by atoms with Crippen molar-refractivity contribution < 1.29 is 18.9 Å². The molecule has 3 saturated heterocycles. The Kier molecular flexibility index (Phi) is 4.98. The van der Waals surface area contributed by atoms with Crippen LogP contribution >= 0.6 is 0 Å². The molecule has 0 spiro atoms. The second kappa shape index (κ2) is 7.14. The molecule has 5 unspecified atom stereocenters. The molecule has 126 valence electrons. The van der Waals surface area contributed by atoms with Gasteiger partial charge in [-0.1, -0.05) is 12.8 Å². The molecule has 0 N–H and O–H groups in total. The van der Waals surface area contributed by atoms with E-state index in [2.05, 4.69) is 4.90 Å². The van der Waals surface area contributed by atoms with E-state index < -0.39 is 0 Å². The van der Waals surface area contributed by atoms with E-state index in [9.17, 15) is 0 Å². The fourth-order valence-corrected chi connectivity index (χ4v) is 3.60. The van der Waals surface area contributed by atoms with E-state index in [1.165, 1.54) is 38.5 Å². The lowest BCUT2D eigenvalue weighted by Crippen LogP contribution is -2.41. The van der Waals surface area contributed by atoms with Crippen molar-refractivity contribution in [3.05, 3.63) is 0 Å². The van der Waals surface area contributed by atoms with Gasteiger partial charge in [-0.2, -0.15) is 0 Å². The molecule has 0 amide bonds. The standard InChI is InChI=1S/C17H29NO4/c1-2-4-14(19-11-17-12-22-17)6-5-13(3-1)18(7-15-9-20-15)8-16-10-21-16/h13-17H,1-12H2. The zero-order chi connectivity index (χ0) is 14.8. The fraction of sp³-hybridized carbons (Fsp3) is 1.00. The summed E-state index contributed by atoms with van der Waals surface area (Å²) >= 11 is 0. The lowest BCUT2D eigenvalue weighted by molar-refractivity contribution is 0.0166. The van der Waals surface area contributed by atoms with Crippen molar-refractivity contribution in [2.45, 2.75) is 69.0 Å². The van der Waals surface area contributed by atoms with Crippen LogP contribution < -0.4 is 0 Å². The highest BCUT2D eigenvalue weighted by Gasteiger charge is 2.34. The first kappa shape index (κ1) is 15.3. The van der Waals surface area contributed by atoms with Crippen molar-refractivity contribution in [3.63, 3.8) is 0 Å². The molecule has 0 aromatic rings. The Morgan fingerprint density at radius 3 is 2.05 bits per heavy atom. The molecule has 1 saturated carbocycles. The first-order valence-corrected chi connectivity index (χ1v) is 9.07. The van der Waals surface area contributed by atoms with Crippen molar-refractivity contribution >= 4 is 0 Å². The van der Waals surface area contributed by atoms with E-state index in [-0.39, 0.29) is 0 Å². The molecule has 4 fully saturated rings. The van der Waals surface area contributed by atoms with Gasteiger partial charge in [-0.3, -0.25) is 4.90 Å². The molecule has 0 radical (unpaired) electrons. The van der Waals surface area contributed by atoms with Crippen LogP contribution in [0.15, 0.2) is 0 Å². The van der Waals surface area contributed by atoms with Gasteiger partial charge in [0.1, 0.15) is 6.10 Å². The monoisotopic (exact) mass is 311 g/mol. The number of epoxide rings is 3. The van der Waals surface area contributed by atoms with Crippen LogP contribution in [0.2, 0.25) is 0 Å². The summed E-state index contributed by atoms with van der Waals surface area (Å²) in [6.45, 7) is 5.76. The summed E-state index contributed by atoms with van der Waals surface area (Å²) in [5.74, 6) is 0. The highest BCUT2D eigenvalue weighted by Crippen LogP contribution is 2.27. The third kappa shape index (κ3) is 4.90. The predicted molar refractivity (Wildman–Crippen MR) is 82.0 cm³/mol. The maximum Gasteiger partial charge on any atom is 0.104 e. The minimum atomic E-state index is 0.386. The van der Waals surface area contributed by atoms with Gasteiger partial charge in [-0.15, -0.1) is 0 Å². The van der Waals surface area contributed by atoms with Gasteiger partial charge in [-0.05, 0) is 25.7 Å². The smallest absolute Gasteiger partial charge is 0.104 e. The Balaban J connectivity index is 1.27. The van der Waals surface area contributed by atoms with Crippen molar-refractivity contribution in [2.24, 2.45) is 0 Å². The number of rotatable bonds is 8. The first-order chi connectivity index (χ1) is 10.9. The van der Waals surface area contributed by atoms with E-state index in [1.807, 2.05) is 0 Å². The zero-order valence-electron chi connectivity index (χ0n) is 13.5. The van der Waals surface area contributed by atoms with Gasteiger partial charge in [0.15, 0.2) is 0 Å². The number of hydrogen-bond donors (Lipinski definition) is 0. The third-order valence-electron chi connectivity index (χ3n) is 5.25. The topological polar surface area (TPSA) is 50.1 Å². The quantitative estimate of drug-likeness (QED) is 0.637. The highest BCUT2D eigenvalue weighted by atomic mass is 16.6. The van der Waals surface area contributed by atoms with Gasteiger partial charge in [0, 0.05) is 19.1 Å². The van der Waals surface area contributed by atoms with Crippen LogP contribution in [0, 0.1) is 0 Å². The average Bonchev–Trinajstić information content (AvgIpc) is 3.34. The molecule has 0 bridgehead atoms. The Morgan fingerprint density at radius 1 is 0.773 bits per heavy atom. The molecule has 5 atom stereocenters. The Morgan fingerprint density at radius 2 is 1.41 bits per heavy atom. The lowest BCUT2D eigenvalue weighted by Gasteiger charge is -2.34. The largest absolute Gasteiger partial charge is 0.375 e. The fourth-order valence-electron chi connectivity index (χ4n) is 3.60. The van der Waals surface area contributed by atoms with Gasteiger partial charge in [0.2, 0.25) is 0 Å². The van der Waals surface area contributed by atoms with E-state index in [0.29, 0.717) is 30.5 Å². The Bertz CT molecular complexity index is 341. The molecular formula is C17H29NO4. The van der Waals surface area contributed by atoms with Crippen LogP contribution in [0.5, 0.6) is 0 Å². The normalized spacial score (nSPS) is 41.0. The van der Waals surface area contributed by atoms with Gasteiger partial charge in [-0.25, -0.2) is 0 Å². The summed E-state index contributed by atoms with van der Waals surface area (Å²) in [4.78, 5) is 2.64. The molecule has 5 nitrogen and oxygen atoms in total. The van der Waals surface area contributed by atoms with Crippen LogP contribution in [0.3, 0.4) is 0 Å². The summed E-state index contributed by atoms with van der Waals surface area (Å²) < 4.78 is 22.2. The molecule has 1 aliphatic carbocycles. The zero-order valence-corrected chi connectivity index (χ0v) is 13.5. The highest BCUT2D eigenvalue weighted by molar-refractivity contribution is 4.86.